The lowest BCUT2D eigenvalue weighted by molar-refractivity contribution is 0.0691. The number of carboxylic acid groups (broad SMARTS) is 1. The van der Waals surface area contributed by atoms with Gasteiger partial charge in [-0.1, -0.05) is 11.8 Å². The highest BCUT2D eigenvalue weighted by atomic mass is 32.2. The first-order valence-corrected chi connectivity index (χ1v) is 6.39. The second-order valence-electron chi connectivity index (χ2n) is 3.74. The van der Waals surface area contributed by atoms with Crippen molar-refractivity contribution in [2.75, 3.05) is 6.26 Å². The first-order valence-electron chi connectivity index (χ1n) is 5.16. The van der Waals surface area contributed by atoms with Crippen molar-refractivity contribution < 1.29 is 14.3 Å². The van der Waals surface area contributed by atoms with Gasteiger partial charge >= 0.3 is 5.97 Å². The van der Waals surface area contributed by atoms with Crippen LogP contribution >= 0.6 is 11.8 Å². The second kappa shape index (κ2) is 4.81. The molecule has 2 aromatic rings. The average Bonchev–Trinajstić information content (AvgIpc) is 2.77. The molecule has 0 saturated carbocycles. The summed E-state index contributed by atoms with van der Waals surface area (Å²) in [4.78, 5) is 18.0. The van der Waals surface area contributed by atoms with Crippen molar-refractivity contribution in [2.45, 2.75) is 12.1 Å². The minimum atomic E-state index is -1.08. The van der Waals surface area contributed by atoms with Gasteiger partial charge in [0.05, 0.1) is 0 Å². The van der Waals surface area contributed by atoms with Crippen LogP contribution in [-0.4, -0.2) is 27.3 Å². The van der Waals surface area contributed by atoms with Crippen molar-refractivity contribution in [2.24, 2.45) is 0 Å². The minimum absolute atomic E-state index is 0.0189. The molecule has 0 aliphatic carbocycles. The van der Waals surface area contributed by atoms with Gasteiger partial charge in [0.25, 0.3) is 0 Å². The molecule has 0 saturated heterocycles. The van der Waals surface area contributed by atoms with Crippen LogP contribution in [0.4, 0.5) is 4.39 Å². The minimum Gasteiger partial charge on any atom is -0.477 e. The van der Waals surface area contributed by atoms with E-state index in [0.29, 0.717) is 22.0 Å². The van der Waals surface area contributed by atoms with Crippen molar-refractivity contribution in [1.82, 2.24) is 9.97 Å². The van der Waals surface area contributed by atoms with Gasteiger partial charge in [-0.2, -0.15) is 0 Å². The van der Waals surface area contributed by atoms with Crippen LogP contribution in [-0.2, 0) is 0 Å². The number of imidazole rings is 1. The number of nitrogens with zero attached hydrogens (tertiary/aromatic N) is 1. The molecule has 4 nitrogen and oxygen atoms in total. The summed E-state index contributed by atoms with van der Waals surface area (Å²) in [7, 11) is 0. The fraction of sp³-hybridized carbons (Fsp3) is 0.167. The predicted octanol–water partition coefficient (Wildman–Crippen LogP) is 2.94. The molecule has 0 radical (unpaired) electrons. The molecule has 0 bridgehead atoms. The molecule has 18 heavy (non-hydrogen) atoms. The molecule has 0 unspecified atom stereocenters. The number of hydrogen-bond acceptors (Lipinski definition) is 3. The Morgan fingerprint density at radius 2 is 2.22 bits per heavy atom. The zero-order valence-electron chi connectivity index (χ0n) is 9.82. The third-order valence-corrected chi connectivity index (χ3v) is 3.10. The SMILES string of the molecule is CSc1nc(-c2ccc(F)c(C)c2)c(C(=O)O)[nH]1. The maximum Gasteiger partial charge on any atom is 0.354 e. The topological polar surface area (TPSA) is 66.0 Å². The number of halogens is 1. The summed E-state index contributed by atoms with van der Waals surface area (Å²) in [6.07, 6.45) is 1.80. The second-order valence-corrected chi connectivity index (χ2v) is 4.53. The summed E-state index contributed by atoms with van der Waals surface area (Å²) in [6, 6.07) is 4.42. The summed E-state index contributed by atoms with van der Waals surface area (Å²) < 4.78 is 13.2. The molecular weight excluding hydrogens is 255 g/mol. The van der Waals surface area contributed by atoms with E-state index >= 15 is 0 Å². The summed E-state index contributed by atoms with van der Waals surface area (Å²) in [6.45, 7) is 1.63. The fourth-order valence-corrected chi connectivity index (χ4v) is 1.99. The molecule has 1 aromatic carbocycles. The lowest BCUT2D eigenvalue weighted by Crippen LogP contribution is -1.99. The molecule has 1 aromatic heterocycles. The monoisotopic (exact) mass is 266 g/mol. The summed E-state index contributed by atoms with van der Waals surface area (Å²) in [5.74, 6) is -1.41. The molecule has 0 amide bonds. The maximum absolute atomic E-state index is 13.2. The van der Waals surface area contributed by atoms with Crippen LogP contribution in [0.25, 0.3) is 11.3 Å². The highest BCUT2D eigenvalue weighted by molar-refractivity contribution is 7.98. The van der Waals surface area contributed by atoms with E-state index in [1.165, 1.54) is 23.9 Å². The highest BCUT2D eigenvalue weighted by Gasteiger charge is 2.18. The number of carboxylic acids is 1. The van der Waals surface area contributed by atoms with Gasteiger partial charge in [-0.05, 0) is 36.9 Å². The van der Waals surface area contributed by atoms with Gasteiger partial charge in [0.2, 0.25) is 0 Å². The van der Waals surface area contributed by atoms with E-state index in [1.54, 1.807) is 19.2 Å². The number of hydrogen-bond donors (Lipinski definition) is 2. The van der Waals surface area contributed by atoms with Crippen molar-refractivity contribution in [3.05, 3.63) is 35.3 Å². The van der Waals surface area contributed by atoms with E-state index in [0.717, 1.165) is 0 Å². The molecular formula is C12H11FN2O2S. The Morgan fingerprint density at radius 3 is 2.78 bits per heavy atom. The third-order valence-electron chi connectivity index (χ3n) is 2.52. The maximum atomic E-state index is 13.2. The number of thioether (sulfide) groups is 1. The van der Waals surface area contributed by atoms with Crippen LogP contribution in [0.3, 0.4) is 0 Å². The first kappa shape index (κ1) is 12.6. The zero-order chi connectivity index (χ0) is 13.3. The predicted molar refractivity (Wildman–Crippen MR) is 67.5 cm³/mol. The molecule has 0 aliphatic rings. The average molecular weight is 266 g/mol. The highest BCUT2D eigenvalue weighted by Crippen LogP contribution is 2.26. The van der Waals surface area contributed by atoms with E-state index < -0.39 is 5.97 Å². The van der Waals surface area contributed by atoms with Gasteiger partial charge in [-0.15, -0.1) is 0 Å². The van der Waals surface area contributed by atoms with Crippen LogP contribution in [0.15, 0.2) is 23.4 Å². The van der Waals surface area contributed by atoms with Gasteiger partial charge in [-0.25, -0.2) is 14.2 Å². The Labute approximate surface area is 107 Å². The van der Waals surface area contributed by atoms with Crippen molar-refractivity contribution in [1.29, 1.82) is 0 Å². The summed E-state index contributed by atoms with van der Waals surface area (Å²) in [5, 5.41) is 9.62. The van der Waals surface area contributed by atoms with Gasteiger partial charge in [0, 0.05) is 5.56 Å². The summed E-state index contributed by atoms with van der Waals surface area (Å²) in [5.41, 5.74) is 1.39. The Hall–Kier alpha value is -1.82. The van der Waals surface area contributed by atoms with Crippen LogP contribution in [0.1, 0.15) is 16.1 Å². The number of aromatic nitrogens is 2. The first-order chi connectivity index (χ1) is 8.52. The van der Waals surface area contributed by atoms with E-state index in [-0.39, 0.29) is 11.5 Å². The van der Waals surface area contributed by atoms with E-state index in [4.69, 9.17) is 5.11 Å². The number of rotatable bonds is 3. The standard InChI is InChI=1S/C12H11FN2O2S/c1-6-5-7(3-4-8(6)13)9-10(11(16)17)15-12(14-9)18-2/h3-5H,1-2H3,(H,14,15)(H,16,17). The van der Waals surface area contributed by atoms with Crippen molar-refractivity contribution >= 4 is 17.7 Å². The molecule has 0 spiro atoms. The van der Waals surface area contributed by atoms with E-state index in [1.807, 2.05) is 0 Å². The largest absolute Gasteiger partial charge is 0.477 e. The quantitative estimate of drug-likeness (QED) is 0.838. The smallest absolute Gasteiger partial charge is 0.354 e. The molecule has 0 fully saturated rings. The Morgan fingerprint density at radius 1 is 1.50 bits per heavy atom. The number of carbonyl (C=O) groups is 1. The van der Waals surface area contributed by atoms with Crippen LogP contribution in [0.2, 0.25) is 0 Å². The van der Waals surface area contributed by atoms with Crippen LogP contribution in [0.5, 0.6) is 0 Å². The van der Waals surface area contributed by atoms with Crippen LogP contribution in [0, 0.1) is 12.7 Å². The Kier molecular flexibility index (Phi) is 3.38. The molecule has 0 atom stereocenters. The van der Waals surface area contributed by atoms with Gasteiger partial charge in [0.1, 0.15) is 11.5 Å². The van der Waals surface area contributed by atoms with Gasteiger partial charge in [-0.3, -0.25) is 0 Å². The van der Waals surface area contributed by atoms with Gasteiger partial charge in [0.15, 0.2) is 10.9 Å². The Balaban J connectivity index is 2.58. The third kappa shape index (κ3) is 2.24. The number of H-pyrrole nitrogens is 1. The van der Waals surface area contributed by atoms with Crippen molar-refractivity contribution in [3.63, 3.8) is 0 Å². The summed E-state index contributed by atoms with van der Waals surface area (Å²) >= 11 is 1.32. The molecule has 6 heteroatoms. The molecule has 1 heterocycles. The number of aromatic amines is 1. The normalized spacial score (nSPS) is 10.6. The Bertz CT molecular complexity index is 610. The molecule has 94 valence electrons. The molecule has 2 N–H and O–H groups in total. The molecule has 0 aliphatic heterocycles. The lowest BCUT2D eigenvalue weighted by Gasteiger charge is -2.01. The molecule has 2 rings (SSSR count). The van der Waals surface area contributed by atoms with Gasteiger partial charge < -0.3 is 10.1 Å². The number of aromatic carboxylic acids is 1. The zero-order valence-corrected chi connectivity index (χ0v) is 10.6. The number of aryl methyl sites for hydroxylation is 1. The van der Waals surface area contributed by atoms with E-state index in [2.05, 4.69) is 9.97 Å². The van der Waals surface area contributed by atoms with Crippen LogP contribution < -0.4 is 0 Å². The number of benzene rings is 1. The van der Waals surface area contributed by atoms with E-state index in [9.17, 15) is 9.18 Å². The fourth-order valence-electron chi connectivity index (χ4n) is 1.60. The lowest BCUT2D eigenvalue weighted by atomic mass is 10.1. The van der Waals surface area contributed by atoms with Crippen molar-refractivity contribution in [3.8, 4) is 11.3 Å². The number of nitrogens with one attached hydrogen (secondary N) is 1.